The lowest BCUT2D eigenvalue weighted by Gasteiger charge is -2.34. The third-order valence-corrected chi connectivity index (χ3v) is 5.29. The third-order valence-electron chi connectivity index (χ3n) is 5.29. The standard InChI is InChI=1S/C21H27N3O2/c1-16(5-6-17-7-8-19-20(14-17)26-15-25-19)23-18-9-12-24(13-10-18)21-4-2-3-11-22-21/h2-4,7-8,11,14,16,18,23H,5-6,9-10,12-13,15H2,1H3. The van der Waals surface area contributed by atoms with E-state index in [-0.39, 0.29) is 0 Å². The number of fused-ring (bicyclic) bond motifs is 1. The van der Waals surface area contributed by atoms with Crippen LogP contribution >= 0.6 is 0 Å². The highest BCUT2D eigenvalue weighted by molar-refractivity contribution is 5.44. The van der Waals surface area contributed by atoms with Crippen molar-refractivity contribution in [2.75, 3.05) is 24.8 Å². The molecule has 0 spiro atoms. The molecule has 1 aromatic carbocycles. The Morgan fingerprint density at radius 2 is 2.00 bits per heavy atom. The van der Waals surface area contributed by atoms with E-state index in [1.165, 1.54) is 18.4 Å². The highest BCUT2D eigenvalue weighted by atomic mass is 16.7. The number of pyridine rings is 1. The fourth-order valence-corrected chi connectivity index (χ4v) is 3.78. The number of aromatic nitrogens is 1. The lowest BCUT2D eigenvalue weighted by atomic mass is 10.0. The van der Waals surface area contributed by atoms with E-state index in [2.05, 4.69) is 46.4 Å². The Bertz CT molecular complexity index is 714. The van der Waals surface area contributed by atoms with Crippen LogP contribution in [0.25, 0.3) is 0 Å². The second kappa shape index (κ2) is 7.96. The number of anilines is 1. The molecule has 3 heterocycles. The van der Waals surface area contributed by atoms with Crippen LogP contribution in [0, 0.1) is 0 Å². The van der Waals surface area contributed by atoms with Crippen LogP contribution in [0.3, 0.4) is 0 Å². The van der Waals surface area contributed by atoms with Gasteiger partial charge in [0.1, 0.15) is 5.82 Å². The summed E-state index contributed by atoms with van der Waals surface area (Å²) in [5.41, 5.74) is 1.31. The molecule has 5 nitrogen and oxygen atoms in total. The predicted molar refractivity (Wildman–Crippen MR) is 103 cm³/mol. The molecule has 1 saturated heterocycles. The Morgan fingerprint density at radius 1 is 1.15 bits per heavy atom. The van der Waals surface area contributed by atoms with Gasteiger partial charge < -0.3 is 19.7 Å². The molecule has 0 saturated carbocycles. The molecule has 0 amide bonds. The number of piperidine rings is 1. The third kappa shape index (κ3) is 4.10. The van der Waals surface area contributed by atoms with Crippen LogP contribution in [-0.2, 0) is 6.42 Å². The summed E-state index contributed by atoms with van der Waals surface area (Å²) in [5, 5.41) is 3.81. The molecule has 0 radical (unpaired) electrons. The van der Waals surface area contributed by atoms with Gasteiger partial charge in [-0.15, -0.1) is 0 Å². The monoisotopic (exact) mass is 353 g/mol. The lowest BCUT2D eigenvalue weighted by Crippen LogP contribution is -2.45. The highest BCUT2D eigenvalue weighted by Crippen LogP contribution is 2.32. The maximum Gasteiger partial charge on any atom is 0.231 e. The van der Waals surface area contributed by atoms with Crippen molar-refractivity contribution in [2.45, 2.75) is 44.7 Å². The van der Waals surface area contributed by atoms with Crippen molar-refractivity contribution in [1.29, 1.82) is 0 Å². The summed E-state index contributed by atoms with van der Waals surface area (Å²) in [4.78, 5) is 6.85. The van der Waals surface area contributed by atoms with Crippen LogP contribution in [-0.4, -0.2) is 37.0 Å². The minimum absolute atomic E-state index is 0.341. The van der Waals surface area contributed by atoms with Crippen molar-refractivity contribution in [1.82, 2.24) is 10.3 Å². The molecule has 0 bridgehead atoms. The zero-order valence-corrected chi connectivity index (χ0v) is 15.4. The van der Waals surface area contributed by atoms with Crippen molar-refractivity contribution >= 4 is 5.82 Å². The van der Waals surface area contributed by atoms with Crippen LogP contribution in [0.2, 0.25) is 0 Å². The summed E-state index contributed by atoms with van der Waals surface area (Å²) in [5.74, 6) is 2.84. The molecule has 1 fully saturated rings. The first-order valence-electron chi connectivity index (χ1n) is 9.58. The quantitative estimate of drug-likeness (QED) is 0.862. The number of ether oxygens (including phenoxy) is 2. The van der Waals surface area contributed by atoms with Gasteiger partial charge >= 0.3 is 0 Å². The average molecular weight is 353 g/mol. The van der Waals surface area contributed by atoms with Crippen LogP contribution in [0.5, 0.6) is 11.5 Å². The number of hydrogen-bond donors (Lipinski definition) is 1. The normalized spacial score (nSPS) is 18.1. The maximum absolute atomic E-state index is 5.47. The van der Waals surface area contributed by atoms with Gasteiger partial charge in [-0.1, -0.05) is 12.1 Å². The zero-order valence-electron chi connectivity index (χ0n) is 15.4. The molecule has 2 aromatic rings. The Kier molecular flexibility index (Phi) is 5.25. The maximum atomic E-state index is 5.47. The predicted octanol–water partition coefficient (Wildman–Crippen LogP) is 3.39. The molecule has 1 atom stereocenters. The summed E-state index contributed by atoms with van der Waals surface area (Å²) >= 11 is 0. The minimum Gasteiger partial charge on any atom is -0.454 e. The summed E-state index contributed by atoms with van der Waals surface area (Å²) < 4.78 is 10.8. The van der Waals surface area contributed by atoms with E-state index in [0.29, 0.717) is 18.9 Å². The summed E-state index contributed by atoms with van der Waals surface area (Å²) in [6.45, 7) is 4.78. The van der Waals surface area contributed by atoms with E-state index in [1.54, 1.807) is 0 Å². The molecular formula is C21H27N3O2. The fraction of sp³-hybridized carbons (Fsp3) is 0.476. The zero-order chi connectivity index (χ0) is 17.8. The molecule has 2 aliphatic heterocycles. The van der Waals surface area contributed by atoms with Crippen LogP contribution in [0.1, 0.15) is 31.7 Å². The van der Waals surface area contributed by atoms with E-state index in [9.17, 15) is 0 Å². The van der Waals surface area contributed by atoms with Gasteiger partial charge in [-0.3, -0.25) is 0 Å². The van der Waals surface area contributed by atoms with Gasteiger partial charge in [-0.25, -0.2) is 4.98 Å². The van der Waals surface area contributed by atoms with Gasteiger partial charge in [0.25, 0.3) is 0 Å². The Hall–Kier alpha value is -2.27. The second-order valence-corrected chi connectivity index (χ2v) is 7.24. The Labute approximate surface area is 155 Å². The second-order valence-electron chi connectivity index (χ2n) is 7.24. The molecule has 26 heavy (non-hydrogen) atoms. The van der Waals surface area contributed by atoms with E-state index < -0.39 is 0 Å². The average Bonchev–Trinajstić information content (AvgIpc) is 3.15. The van der Waals surface area contributed by atoms with E-state index in [0.717, 1.165) is 43.2 Å². The van der Waals surface area contributed by atoms with Crippen LogP contribution in [0.4, 0.5) is 5.82 Å². The first kappa shape index (κ1) is 17.2. The largest absolute Gasteiger partial charge is 0.454 e. The van der Waals surface area contributed by atoms with Crippen molar-refractivity contribution in [3.05, 3.63) is 48.2 Å². The van der Waals surface area contributed by atoms with Gasteiger partial charge in [0, 0.05) is 31.4 Å². The van der Waals surface area contributed by atoms with E-state index >= 15 is 0 Å². The first-order valence-corrected chi connectivity index (χ1v) is 9.58. The highest BCUT2D eigenvalue weighted by Gasteiger charge is 2.21. The summed E-state index contributed by atoms with van der Waals surface area (Å²) in [6.07, 6.45) is 6.39. The molecule has 2 aliphatic rings. The molecule has 1 unspecified atom stereocenters. The molecule has 138 valence electrons. The smallest absolute Gasteiger partial charge is 0.231 e. The first-order chi connectivity index (χ1) is 12.8. The number of benzene rings is 1. The SMILES string of the molecule is CC(CCc1ccc2c(c1)OCO2)NC1CCN(c2ccccn2)CC1. The Balaban J connectivity index is 1.21. The van der Waals surface area contributed by atoms with Crippen molar-refractivity contribution in [3.8, 4) is 11.5 Å². The van der Waals surface area contributed by atoms with Crippen LogP contribution in [0.15, 0.2) is 42.6 Å². The number of nitrogens with one attached hydrogen (secondary N) is 1. The van der Waals surface area contributed by atoms with Crippen molar-refractivity contribution in [3.63, 3.8) is 0 Å². The summed E-state index contributed by atoms with van der Waals surface area (Å²) in [6, 6.07) is 13.5. The topological polar surface area (TPSA) is 46.6 Å². The molecule has 5 heteroatoms. The van der Waals surface area contributed by atoms with Crippen molar-refractivity contribution < 1.29 is 9.47 Å². The fourth-order valence-electron chi connectivity index (χ4n) is 3.78. The minimum atomic E-state index is 0.341. The number of nitrogens with zero attached hydrogens (tertiary/aromatic N) is 2. The molecule has 0 aliphatic carbocycles. The molecule has 4 rings (SSSR count). The molecule has 1 aromatic heterocycles. The van der Waals surface area contributed by atoms with E-state index in [1.807, 2.05) is 18.3 Å². The number of rotatable bonds is 6. The van der Waals surface area contributed by atoms with Crippen LogP contribution < -0.4 is 19.7 Å². The number of hydrogen-bond acceptors (Lipinski definition) is 5. The number of aryl methyl sites for hydroxylation is 1. The van der Waals surface area contributed by atoms with Gasteiger partial charge in [0.2, 0.25) is 6.79 Å². The van der Waals surface area contributed by atoms with Gasteiger partial charge in [-0.05, 0) is 62.4 Å². The van der Waals surface area contributed by atoms with Gasteiger partial charge in [0.15, 0.2) is 11.5 Å². The van der Waals surface area contributed by atoms with Gasteiger partial charge in [0.05, 0.1) is 0 Å². The molecular weight excluding hydrogens is 326 g/mol. The Morgan fingerprint density at radius 3 is 2.81 bits per heavy atom. The molecule has 1 N–H and O–H groups in total. The van der Waals surface area contributed by atoms with Gasteiger partial charge in [-0.2, -0.15) is 0 Å². The van der Waals surface area contributed by atoms with E-state index in [4.69, 9.17) is 9.47 Å². The summed E-state index contributed by atoms with van der Waals surface area (Å²) in [7, 11) is 0. The van der Waals surface area contributed by atoms with Crippen molar-refractivity contribution in [2.24, 2.45) is 0 Å². The lowest BCUT2D eigenvalue weighted by molar-refractivity contribution is 0.174.